The van der Waals surface area contributed by atoms with Gasteiger partial charge in [-0.05, 0) is 25.0 Å². The van der Waals surface area contributed by atoms with Gasteiger partial charge < -0.3 is 15.7 Å². The molecule has 1 fully saturated rings. The van der Waals surface area contributed by atoms with Crippen molar-refractivity contribution in [3.63, 3.8) is 0 Å². The maximum atomic E-state index is 12.7. The van der Waals surface area contributed by atoms with Gasteiger partial charge in [-0.1, -0.05) is 5.16 Å². The van der Waals surface area contributed by atoms with Gasteiger partial charge in [0.1, 0.15) is 10.7 Å². The van der Waals surface area contributed by atoms with E-state index in [0.717, 1.165) is 36.7 Å². The van der Waals surface area contributed by atoms with Gasteiger partial charge in [0.05, 0.1) is 11.7 Å². The van der Waals surface area contributed by atoms with Crippen molar-refractivity contribution in [2.45, 2.75) is 30.1 Å². The largest absolute Gasteiger partial charge is 0.433 e. The highest BCUT2D eigenvalue weighted by Gasteiger charge is 2.33. The van der Waals surface area contributed by atoms with Crippen LogP contribution in [0.25, 0.3) is 0 Å². The monoisotopic (exact) mass is 321 g/mol. The van der Waals surface area contributed by atoms with Crippen LogP contribution in [0.2, 0.25) is 0 Å². The number of amidine groups is 1. The Labute approximate surface area is 123 Å². The summed E-state index contributed by atoms with van der Waals surface area (Å²) in [5, 5.41) is 11.6. The van der Waals surface area contributed by atoms with E-state index >= 15 is 0 Å². The summed E-state index contributed by atoms with van der Waals surface area (Å²) in [6.07, 6.45) is -2.74. The summed E-state index contributed by atoms with van der Waals surface area (Å²) in [6.45, 7) is 0.661. The third-order valence-corrected chi connectivity index (χ3v) is 4.09. The molecule has 1 atom stereocenters. The quantitative estimate of drug-likeness (QED) is 0.293. The molecule has 0 spiro atoms. The topological polar surface area (TPSA) is 80.7 Å². The van der Waals surface area contributed by atoms with Gasteiger partial charge in [0.15, 0.2) is 5.84 Å². The first-order chi connectivity index (χ1) is 9.91. The molecular weight excluding hydrogens is 307 g/mol. The second-order valence-corrected chi connectivity index (χ2v) is 5.49. The van der Waals surface area contributed by atoms with Crippen molar-refractivity contribution < 1.29 is 23.1 Å². The van der Waals surface area contributed by atoms with Crippen LogP contribution in [-0.2, 0) is 10.9 Å². The molecule has 0 saturated carbocycles. The van der Waals surface area contributed by atoms with E-state index in [1.165, 1.54) is 0 Å². The highest BCUT2D eigenvalue weighted by Crippen LogP contribution is 2.32. The fraction of sp³-hybridized carbons (Fsp3) is 0.500. The molecular formula is C12H14F3N3O2S. The number of alkyl halides is 3. The standard InChI is InChI=1S/C12H14F3N3O2S/c13-12(14,15)9-4-3-8(10(16)18-19)11(17-9)21-6-7-2-1-5-20-7/h3-4,7,19H,1-2,5-6H2,(H2,16,18). The van der Waals surface area contributed by atoms with Crippen molar-refractivity contribution >= 4 is 17.6 Å². The molecule has 0 radical (unpaired) electrons. The summed E-state index contributed by atoms with van der Waals surface area (Å²) in [5.41, 5.74) is 4.64. The van der Waals surface area contributed by atoms with E-state index in [1.807, 2.05) is 0 Å². The number of pyridine rings is 1. The molecule has 0 aromatic carbocycles. The van der Waals surface area contributed by atoms with Crippen molar-refractivity contribution in [1.82, 2.24) is 4.98 Å². The van der Waals surface area contributed by atoms with Gasteiger partial charge in [-0.2, -0.15) is 13.2 Å². The van der Waals surface area contributed by atoms with Crippen LogP contribution in [0.1, 0.15) is 24.1 Å². The zero-order valence-electron chi connectivity index (χ0n) is 10.9. The molecule has 0 bridgehead atoms. The second-order valence-electron chi connectivity index (χ2n) is 4.48. The van der Waals surface area contributed by atoms with E-state index in [1.54, 1.807) is 0 Å². The third kappa shape index (κ3) is 4.01. The molecule has 1 saturated heterocycles. The third-order valence-electron chi connectivity index (χ3n) is 2.96. The highest BCUT2D eigenvalue weighted by atomic mass is 32.2. The van der Waals surface area contributed by atoms with Crippen molar-refractivity contribution in [2.75, 3.05) is 12.4 Å². The number of nitrogens with zero attached hydrogens (tertiary/aromatic N) is 2. The summed E-state index contributed by atoms with van der Waals surface area (Å²) < 4.78 is 43.6. The van der Waals surface area contributed by atoms with Crippen LogP contribution in [0.3, 0.4) is 0 Å². The lowest BCUT2D eigenvalue weighted by Gasteiger charge is -2.13. The minimum atomic E-state index is -4.54. The average Bonchev–Trinajstić information content (AvgIpc) is 2.96. The van der Waals surface area contributed by atoms with Gasteiger partial charge in [0, 0.05) is 12.4 Å². The summed E-state index contributed by atoms with van der Waals surface area (Å²) in [6, 6.07) is 1.96. The number of ether oxygens (including phenoxy) is 1. The van der Waals surface area contributed by atoms with Gasteiger partial charge in [-0.15, -0.1) is 11.8 Å². The minimum absolute atomic E-state index is 0.00789. The Kier molecular flexibility index (Phi) is 4.94. The maximum Gasteiger partial charge on any atom is 0.433 e. The van der Waals surface area contributed by atoms with Crippen LogP contribution in [0.4, 0.5) is 13.2 Å². The Balaban J connectivity index is 2.24. The predicted molar refractivity (Wildman–Crippen MR) is 71.4 cm³/mol. The molecule has 3 N–H and O–H groups in total. The number of nitrogens with two attached hydrogens (primary N) is 1. The van der Waals surface area contributed by atoms with Crippen LogP contribution in [0.15, 0.2) is 22.3 Å². The van der Waals surface area contributed by atoms with E-state index in [4.69, 9.17) is 15.7 Å². The van der Waals surface area contributed by atoms with Gasteiger partial charge in [-0.25, -0.2) is 4.98 Å². The van der Waals surface area contributed by atoms with Gasteiger partial charge >= 0.3 is 6.18 Å². The van der Waals surface area contributed by atoms with Crippen LogP contribution < -0.4 is 5.73 Å². The van der Waals surface area contributed by atoms with Gasteiger partial charge in [0.2, 0.25) is 0 Å². The highest BCUT2D eigenvalue weighted by molar-refractivity contribution is 7.99. The molecule has 1 aliphatic heterocycles. The molecule has 1 aliphatic rings. The number of rotatable bonds is 4. The average molecular weight is 321 g/mol. The van der Waals surface area contributed by atoms with Crippen LogP contribution in [0.5, 0.6) is 0 Å². The van der Waals surface area contributed by atoms with Crippen molar-refractivity contribution in [3.05, 3.63) is 23.4 Å². The fourth-order valence-electron chi connectivity index (χ4n) is 1.90. The molecule has 1 aromatic heterocycles. The first kappa shape index (κ1) is 15.9. The fourth-order valence-corrected chi connectivity index (χ4v) is 3.00. The minimum Gasteiger partial charge on any atom is -0.409 e. The molecule has 2 heterocycles. The number of oxime groups is 1. The van der Waals surface area contributed by atoms with Crippen molar-refractivity contribution in [2.24, 2.45) is 10.9 Å². The zero-order valence-corrected chi connectivity index (χ0v) is 11.7. The van der Waals surface area contributed by atoms with Crippen LogP contribution >= 0.6 is 11.8 Å². The number of halogens is 3. The Morgan fingerprint density at radius 2 is 2.29 bits per heavy atom. The van der Waals surface area contributed by atoms with E-state index in [0.29, 0.717) is 12.4 Å². The summed E-state index contributed by atoms with van der Waals surface area (Å²) in [7, 11) is 0. The second kappa shape index (κ2) is 6.52. The zero-order chi connectivity index (χ0) is 15.5. The summed E-state index contributed by atoms with van der Waals surface area (Å²) in [5.74, 6) is 0.200. The maximum absolute atomic E-state index is 12.7. The molecule has 21 heavy (non-hydrogen) atoms. The molecule has 1 unspecified atom stereocenters. The van der Waals surface area contributed by atoms with Crippen molar-refractivity contribution in [1.29, 1.82) is 0 Å². The van der Waals surface area contributed by atoms with E-state index in [-0.39, 0.29) is 22.5 Å². The predicted octanol–water partition coefficient (Wildman–Crippen LogP) is 2.47. The Morgan fingerprint density at radius 3 is 2.86 bits per heavy atom. The first-order valence-electron chi connectivity index (χ1n) is 6.22. The van der Waals surface area contributed by atoms with Gasteiger partial charge in [0.25, 0.3) is 0 Å². The summed E-state index contributed by atoms with van der Waals surface area (Å²) >= 11 is 1.11. The summed E-state index contributed by atoms with van der Waals surface area (Å²) in [4.78, 5) is 3.58. The molecule has 0 aliphatic carbocycles. The van der Waals surface area contributed by atoms with E-state index in [9.17, 15) is 13.2 Å². The molecule has 2 rings (SSSR count). The van der Waals surface area contributed by atoms with Crippen molar-refractivity contribution in [3.8, 4) is 0 Å². The number of hydrogen-bond acceptors (Lipinski definition) is 5. The van der Waals surface area contributed by atoms with Crippen LogP contribution in [-0.4, -0.2) is 34.5 Å². The SMILES string of the molecule is N/C(=N/O)c1ccc(C(F)(F)F)nc1SCC1CCCO1. The molecule has 9 heteroatoms. The Bertz CT molecular complexity index is 531. The number of thioether (sulfide) groups is 1. The number of aromatic nitrogens is 1. The van der Waals surface area contributed by atoms with E-state index < -0.39 is 11.9 Å². The lowest BCUT2D eigenvalue weighted by atomic mass is 10.2. The Hall–Kier alpha value is -1.48. The molecule has 116 valence electrons. The molecule has 5 nitrogen and oxygen atoms in total. The normalized spacial score (nSPS) is 20.0. The molecule has 0 amide bonds. The van der Waals surface area contributed by atoms with E-state index in [2.05, 4.69) is 10.1 Å². The smallest absolute Gasteiger partial charge is 0.409 e. The number of hydrogen-bond donors (Lipinski definition) is 2. The van der Waals surface area contributed by atoms with Gasteiger partial charge in [-0.3, -0.25) is 0 Å². The van der Waals surface area contributed by atoms with Crippen LogP contribution in [0, 0.1) is 0 Å². The molecule has 1 aromatic rings. The Morgan fingerprint density at radius 1 is 1.52 bits per heavy atom. The lowest BCUT2D eigenvalue weighted by Crippen LogP contribution is -2.18. The lowest BCUT2D eigenvalue weighted by molar-refractivity contribution is -0.141. The first-order valence-corrected chi connectivity index (χ1v) is 7.21.